The maximum absolute atomic E-state index is 14.2. The highest BCUT2D eigenvalue weighted by Crippen LogP contribution is 2.29. The summed E-state index contributed by atoms with van der Waals surface area (Å²) in [5, 5.41) is 0. The number of halogens is 1. The number of benzene rings is 1. The molecule has 0 bridgehead atoms. The summed E-state index contributed by atoms with van der Waals surface area (Å²) in [4.78, 5) is 25.7. The molecule has 2 aliphatic rings. The van der Waals surface area contributed by atoms with Gasteiger partial charge < -0.3 is 15.2 Å². The van der Waals surface area contributed by atoms with Gasteiger partial charge in [0.05, 0.1) is 24.5 Å². The van der Waals surface area contributed by atoms with Crippen molar-refractivity contribution in [3.05, 3.63) is 24.0 Å². The lowest BCUT2D eigenvalue weighted by Gasteiger charge is -2.17. The van der Waals surface area contributed by atoms with Crippen LogP contribution in [-0.4, -0.2) is 44.5 Å². The monoisotopic (exact) mass is 296 g/mol. The van der Waals surface area contributed by atoms with Crippen molar-refractivity contribution in [2.75, 3.05) is 36.0 Å². The topological polar surface area (TPSA) is 86.7 Å². The molecule has 3 rings (SSSR count). The van der Waals surface area contributed by atoms with Gasteiger partial charge in [0.1, 0.15) is 19.0 Å². The molecule has 21 heavy (non-hydrogen) atoms. The molecule has 1 aromatic rings. The zero-order chi connectivity index (χ0) is 15.0. The molecule has 2 heterocycles. The second kappa shape index (κ2) is 5.21. The molecule has 1 atom stereocenters. The highest BCUT2D eigenvalue weighted by Gasteiger charge is 2.33. The summed E-state index contributed by atoms with van der Waals surface area (Å²) < 4.78 is 24.1. The van der Waals surface area contributed by atoms with E-state index < -0.39 is 18.0 Å². The Morgan fingerprint density at radius 3 is 2.67 bits per heavy atom. The van der Waals surface area contributed by atoms with E-state index in [1.54, 1.807) is 6.07 Å². The zero-order valence-corrected chi connectivity index (χ0v) is 11.3. The van der Waals surface area contributed by atoms with Crippen LogP contribution in [0.3, 0.4) is 0 Å². The van der Waals surface area contributed by atoms with Crippen LogP contribution in [0.4, 0.5) is 25.4 Å². The fraction of sp³-hybridized carbons (Fsp3) is 0.385. The smallest absolute Gasteiger partial charge is 0.414 e. The number of hydrogen-bond donors (Lipinski definition) is 1. The predicted octanol–water partition coefficient (Wildman–Crippen LogP) is 0.349. The first-order chi connectivity index (χ1) is 10.1. The SMILES string of the molecule is [NH3+]C[C@H]1CN(c2ccc(N3CCOC3=O)c(F)c2)C(=O)O1. The Kier molecular flexibility index (Phi) is 3.38. The molecular weight excluding hydrogens is 281 g/mol. The molecule has 2 fully saturated rings. The Bertz CT molecular complexity index is 595. The summed E-state index contributed by atoms with van der Waals surface area (Å²) >= 11 is 0. The van der Waals surface area contributed by atoms with Crippen LogP contribution >= 0.6 is 0 Å². The maximum atomic E-state index is 14.2. The molecule has 2 saturated heterocycles. The fourth-order valence-corrected chi connectivity index (χ4v) is 2.38. The summed E-state index contributed by atoms with van der Waals surface area (Å²) in [6.45, 7) is 1.35. The van der Waals surface area contributed by atoms with Crippen molar-refractivity contribution >= 4 is 23.6 Å². The third-order valence-electron chi connectivity index (χ3n) is 3.49. The van der Waals surface area contributed by atoms with Crippen LogP contribution in [0.2, 0.25) is 0 Å². The van der Waals surface area contributed by atoms with E-state index in [9.17, 15) is 14.0 Å². The highest BCUT2D eigenvalue weighted by molar-refractivity contribution is 5.92. The van der Waals surface area contributed by atoms with E-state index in [0.29, 0.717) is 25.3 Å². The molecule has 3 N–H and O–H groups in total. The number of carbonyl (C=O) groups is 2. The van der Waals surface area contributed by atoms with E-state index in [2.05, 4.69) is 5.73 Å². The Balaban J connectivity index is 1.84. The first-order valence-electron chi connectivity index (χ1n) is 6.61. The van der Waals surface area contributed by atoms with Gasteiger partial charge in [-0.15, -0.1) is 0 Å². The van der Waals surface area contributed by atoms with Gasteiger partial charge in [0.2, 0.25) is 0 Å². The normalized spacial score (nSPS) is 21.7. The number of rotatable bonds is 3. The molecule has 1 aromatic carbocycles. The van der Waals surface area contributed by atoms with Gasteiger partial charge in [-0.05, 0) is 18.2 Å². The van der Waals surface area contributed by atoms with Crippen LogP contribution in [0, 0.1) is 5.82 Å². The van der Waals surface area contributed by atoms with E-state index in [-0.39, 0.29) is 18.4 Å². The molecule has 0 unspecified atom stereocenters. The molecule has 7 nitrogen and oxygen atoms in total. The van der Waals surface area contributed by atoms with E-state index in [0.717, 1.165) is 0 Å². The predicted molar refractivity (Wildman–Crippen MR) is 70.5 cm³/mol. The van der Waals surface area contributed by atoms with Gasteiger partial charge in [-0.2, -0.15) is 0 Å². The summed E-state index contributed by atoms with van der Waals surface area (Å²) in [5.74, 6) is -0.586. The largest absolute Gasteiger partial charge is 0.447 e. The highest BCUT2D eigenvalue weighted by atomic mass is 19.1. The number of ether oxygens (including phenoxy) is 2. The van der Waals surface area contributed by atoms with Crippen LogP contribution in [0.25, 0.3) is 0 Å². The summed E-state index contributed by atoms with van der Waals surface area (Å²) in [6, 6.07) is 4.26. The summed E-state index contributed by atoms with van der Waals surface area (Å²) in [5.41, 5.74) is 4.22. The van der Waals surface area contributed by atoms with Gasteiger partial charge in [-0.25, -0.2) is 14.0 Å². The van der Waals surface area contributed by atoms with E-state index in [4.69, 9.17) is 9.47 Å². The molecule has 112 valence electrons. The van der Waals surface area contributed by atoms with E-state index >= 15 is 0 Å². The number of cyclic esters (lactones) is 2. The third kappa shape index (κ3) is 2.38. The van der Waals surface area contributed by atoms with Crippen molar-refractivity contribution in [1.82, 2.24) is 0 Å². The molecular formula is C13H15FN3O4+. The lowest BCUT2D eigenvalue weighted by molar-refractivity contribution is -0.380. The quantitative estimate of drug-likeness (QED) is 0.872. The number of nitrogens with zero attached hydrogens (tertiary/aromatic N) is 2. The zero-order valence-electron chi connectivity index (χ0n) is 11.3. The average Bonchev–Trinajstić information content (AvgIpc) is 3.05. The van der Waals surface area contributed by atoms with Gasteiger partial charge in [0.15, 0.2) is 6.10 Å². The Hall–Kier alpha value is -2.35. The number of anilines is 2. The molecule has 2 aliphatic heterocycles. The second-order valence-corrected chi connectivity index (χ2v) is 4.81. The summed E-state index contributed by atoms with van der Waals surface area (Å²) in [7, 11) is 0. The van der Waals surface area contributed by atoms with Crippen LogP contribution in [0.15, 0.2) is 18.2 Å². The molecule has 0 radical (unpaired) electrons. The second-order valence-electron chi connectivity index (χ2n) is 4.81. The number of hydrogen-bond acceptors (Lipinski definition) is 4. The first-order valence-corrected chi connectivity index (χ1v) is 6.61. The van der Waals surface area contributed by atoms with Crippen molar-refractivity contribution in [3.63, 3.8) is 0 Å². The molecule has 0 saturated carbocycles. The third-order valence-corrected chi connectivity index (χ3v) is 3.49. The van der Waals surface area contributed by atoms with Crippen LogP contribution in [-0.2, 0) is 9.47 Å². The molecule has 8 heteroatoms. The minimum atomic E-state index is -0.586. The molecule has 2 amide bonds. The van der Waals surface area contributed by atoms with Crippen LogP contribution < -0.4 is 15.5 Å². The molecule has 0 spiro atoms. The van der Waals surface area contributed by atoms with Crippen molar-refractivity contribution in [3.8, 4) is 0 Å². The van der Waals surface area contributed by atoms with Gasteiger partial charge in [-0.1, -0.05) is 0 Å². The minimum absolute atomic E-state index is 0.141. The van der Waals surface area contributed by atoms with Crippen molar-refractivity contribution in [2.24, 2.45) is 0 Å². The number of quaternary nitrogens is 1. The minimum Gasteiger partial charge on any atom is -0.447 e. The van der Waals surface area contributed by atoms with Crippen LogP contribution in [0.1, 0.15) is 0 Å². The Labute approximate surface area is 120 Å². The van der Waals surface area contributed by atoms with Gasteiger partial charge in [0, 0.05) is 0 Å². The lowest BCUT2D eigenvalue weighted by atomic mass is 10.2. The first kappa shape index (κ1) is 13.6. The maximum Gasteiger partial charge on any atom is 0.414 e. The van der Waals surface area contributed by atoms with Crippen molar-refractivity contribution in [2.45, 2.75) is 6.10 Å². The summed E-state index contributed by atoms with van der Waals surface area (Å²) in [6.07, 6.45) is -1.37. The fourth-order valence-electron chi connectivity index (χ4n) is 2.38. The standard InChI is InChI=1S/C13H14FN3O4/c14-10-5-8(17-7-9(6-15)21-13(17)19)1-2-11(10)16-3-4-20-12(16)18/h1-2,5,9H,3-4,6-7,15H2/p+1/t9-/m0/s1. The van der Waals surface area contributed by atoms with E-state index in [1.807, 2.05) is 0 Å². The Morgan fingerprint density at radius 2 is 2.10 bits per heavy atom. The van der Waals surface area contributed by atoms with Gasteiger partial charge >= 0.3 is 12.2 Å². The molecule has 0 aliphatic carbocycles. The van der Waals surface area contributed by atoms with Gasteiger partial charge in [-0.3, -0.25) is 9.80 Å². The Morgan fingerprint density at radius 1 is 1.29 bits per heavy atom. The average molecular weight is 296 g/mol. The van der Waals surface area contributed by atoms with Crippen LogP contribution in [0.5, 0.6) is 0 Å². The van der Waals surface area contributed by atoms with Crippen molar-refractivity contribution in [1.29, 1.82) is 0 Å². The number of carbonyl (C=O) groups excluding carboxylic acids is 2. The lowest BCUT2D eigenvalue weighted by Crippen LogP contribution is -2.56. The van der Waals surface area contributed by atoms with Crippen molar-refractivity contribution < 1.29 is 29.2 Å². The van der Waals surface area contributed by atoms with Gasteiger partial charge in [0.25, 0.3) is 0 Å². The molecule has 0 aromatic heterocycles. The van der Waals surface area contributed by atoms with E-state index in [1.165, 1.54) is 21.9 Å². The number of amides is 2.